The predicted octanol–water partition coefficient (Wildman–Crippen LogP) is 6.37. The van der Waals surface area contributed by atoms with E-state index in [4.69, 9.17) is 15.2 Å². The molecule has 0 fully saturated rings. The summed E-state index contributed by atoms with van der Waals surface area (Å²) in [6.45, 7) is 5.05. The largest absolute Gasteiger partial charge is 0.466 e. The first kappa shape index (κ1) is 34.6. The highest BCUT2D eigenvalue weighted by Crippen LogP contribution is 2.20. The molecule has 0 spiro atoms. The first-order valence-electron chi connectivity index (χ1n) is 16.1. The average Bonchev–Trinajstić information content (AvgIpc) is 3.50. The number of H-pyrrole nitrogens is 1. The molecule has 47 heavy (non-hydrogen) atoms. The second-order valence-corrected chi connectivity index (χ2v) is 10.9. The molecule has 12 nitrogen and oxygen atoms in total. The minimum Gasteiger partial charge on any atom is -0.466 e. The molecule has 0 saturated heterocycles. The van der Waals surface area contributed by atoms with Crippen LogP contribution in [0, 0.1) is 0 Å². The zero-order chi connectivity index (χ0) is 33.4. The number of nitrogens with one attached hydrogen (secondary N) is 2. The van der Waals surface area contributed by atoms with Crippen molar-refractivity contribution in [3.05, 3.63) is 83.8 Å². The van der Waals surface area contributed by atoms with Crippen LogP contribution in [0.4, 0.5) is 16.3 Å². The Kier molecular flexibility index (Phi) is 13.3. The molecule has 0 saturated carbocycles. The van der Waals surface area contributed by atoms with Crippen LogP contribution in [0.15, 0.2) is 71.9 Å². The van der Waals surface area contributed by atoms with E-state index >= 15 is 0 Å². The quantitative estimate of drug-likeness (QED) is 0.0514. The number of aliphatic imine (C=N–C) groups is 1. The van der Waals surface area contributed by atoms with Gasteiger partial charge in [0.2, 0.25) is 0 Å². The fourth-order valence-electron chi connectivity index (χ4n) is 4.88. The van der Waals surface area contributed by atoms with E-state index in [0.29, 0.717) is 41.4 Å². The second-order valence-electron chi connectivity index (χ2n) is 10.9. The summed E-state index contributed by atoms with van der Waals surface area (Å²) in [7, 11) is 0. The van der Waals surface area contributed by atoms with Gasteiger partial charge in [-0.2, -0.15) is 4.99 Å². The smallest absolute Gasteiger partial charge is 0.435 e. The van der Waals surface area contributed by atoms with Gasteiger partial charge in [-0.15, -0.1) is 0 Å². The minimum atomic E-state index is -0.686. The number of amidine groups is 1. The third-order valence-corrected chi connectivity index (χ3v) is 7.37. The van der Waals surface area contributed by atoms with E-state index in [9.17, 15) is 14.4 Å². The standard InChI is InChI=1S/C35H43N7O5/c1-3-5-6-7-8-11-22-47-35(45)41-33(36)25-13-16-27(17-14-25)38-24-30-39-28-18-15-26(23-29(28)40-30)34(44)42(21-19-32(43)46-4-2)31-12-9-10-20-37-31/h9-10,12-18,20,23,38H,3-8,11,19,21-22,24H2,1-2H3,(H,39,40)(H2,36,41,45). The van der Waals surface area contributed by atoms with Crippen LogP contribution >= 0.6 is 0 Å². The third-order valence-electron chi connectivity index (χ3n) is 7.37. The molecule has 0 atom stereocenters. The van der Waals surface area contributed by atoms with Gasteiger partial charge in [0.25, 0.3) is 5.91 Å². The summed E-state index contributed by atoms with van der Waals surface area (Å²) in [5, 5.41) is 3.30. The van der Waals surface area contributed by atoms with Crippen molar-refractivity contribution in [3.63, 3.8) is 0 Å². The van der Waals surface area contributed by atoms with Crippen LogP contribution in [-0.4, -0.2) is 58.5 Å². The van der Waals surface area contributed by atoms with Crippen LogP contribution in [0.3, 0.4) is 0 Å². The van der Waals surface area contributed by atoms with Crippen molar-refractivity contribution < 1.29 is 23.9 Å². The molecule has 2 aromatic heterocycles. The number of benzene rings is 2. The zero-order valence-electron chi connectivity index (χ0n) is 27.0. The van der Waals surface area contributed by atoms with Gasteiger partial charge in [-0.05, 0) is 67.9 Å². The lowest BCUT2D eigenvalue weighted by Crippen LogP contribution is -2.34. The molecule has 0 aliphatic rings. The number of pyridine rings is 1. The number of ether oxygens (including phenoxy) is 2. The lowest BCUT2D eigenvalue weighted by Gasteiger charge is -2.21. The van der Waals surface area contributed by atoms with E-state index < -0.39 is 6.09 Å². The fraction of sp³-hybridized carbons (Fsp3) is 0.371. The van der Waals surface area contributed by atoms with Gasteiger partial charge in [0.15, 0.2) is 0 Å². The molecule has 0 aliphatic carbocycles. The van der Waals surface area contributed by atoms with Gasteiger partial charge in [0.1, 0.15) is 17.5 Å². The van der Waals surface area contributed by atoms with Gasteiger partial charge >= 0.3 is 12.1 Å². The minimum absolute atomic E-state index is 0.0445. The second kappa shape index (κ2) is 18.0. The molecule has 0 bridgehead atoms. The molecule has 2 aromatic carbocycles. The first-order chi connectivity index (χ1) is 22.9. The van der Waals surface area contributed by atoms with Crippen LogP contribution in [0.25, 0.3) is 11.0 Å². The van der Waals surface area contributed by atoms with Gasteiger partial charge in [0, 0.05) is 29.6 Å². The number of esters is 1. The number of nitrogens with zero attached hydrogens (tertiary/aromatic N) is 4. The molecule has 248 valence electrons. The normalized spacial score (nSPS) is 11.3. The number of amides is 2. The number of imidazole rings is 1. The highest BCUT2D eigenvalue weighted by atomic mass is 16.5. The van der Waals surface area contributed by atoms with Crippen molar-refractivity contribution >= 4 is 46.3 Å². The maximum atomic E-state index is 13.6. The molecule has 4 aromatic rings. The number of fused-ring (bicyclic) bond motifs is 1. The Morgan fingerprint density at radius 3 is 2.45 bits per heavy atom. The maximum absolute atomic E-state index is 13.6. The molecular formula is C35H43N7O5. The van der Waals surface area contributed by atoms with E-state index in [0.717, 1.165) is 30.5 Å². The Bertz CT molecular complexity index is 1640. The number of anilines is 2. The Labute approximate surface area is 274 Å². The molecule has 12 heteroatoms. The summed E-state index contributed by atoms with van der Waals surface area (Å²) >= 11 is 0. The summed E-state index contributed by atoms with van der Waals surface area (Å²) in [5.74, 6) is 0.523. The molecule has 2 amide bonds. The van der Waals surface area contributed by atoms with Crippen LogP contribution in [0.5, 0.6) is 0 Å². The predicted molar refractivity (Wildman–Crippen MR) is 182 cm³/mol. The molecule has 0 radical (unpaired) electrons. The van der Waals surface area contributed by atoms with Crippen molar-refractivity contribution in [1.82, 2.24) is 15.0 Å². The highest BCUT2D eigenvalue weighted by molar-refractivity contribution is 6.07. The number of rotatable bonds is 17. The first-order valence-corrected chi connectivity index (χ1v) is 16.1. The van der Waals surface area contributed by atoms with Crippen molar-refractivity contribution in [2.45, 2.75) is 65.3 Å². The monoisotopic (exact) mass is 641 g/mol. The number of aromatic nitrogens is 3. The van der Waals surface area contributed by atoms with Crippen molar-refractivity contribution in [1.29, 1.82) is 0 Å². The number of nitrogens with two attached hydrogens (primary N) is 1. The van der Waals surface area contributed by atoms with Crippen molar-refractivity contribution in [2.24, 2.45) is 10.7 Å². The number of carbonyl (C=O) groups is 3. The molecule has 4 rings (SSSR count). The number of carbonyl (C=O) groups excluding carboxylic acids is 3. The Morgan fingerprint density at radius 2 is 1.70 bits per heavy atom. The van der Waals surface area contributed by atoms with Crippen LogP contribution in [0.1, 0.15) is 80.5 Å². The van der Waals surface area contributed by atoms with Gasteiger partial charge < -0.3 is 25.5 Å². The van der Waals surface area contributed by atoms with Crippen LogP contribution in [-0.2, 0) is 20.8 Å². The summed E-state index contributed by atoms with van der Waals surface area (Å²) < 4.78 is 10.2. The summed E-state index contributed by atoms with van der Waals surface area (Å²) in [5.41, 5.74) is 9.27. The number of unbranched alkanes of at least 4 members (excludes halogenated alkanes) is 5. The molecule has 0 aliphatic heterocycles. The Morgan fingerprint density at radius 1 is 0.936 bits per heavy atom. The van der Waals surface area contributed by atoms with E-state index in [1.165, 1.54) is 24.2 Å². The van der Waals surface area contributed by atoms with Gasteiger partial charge in [-0.1, -0.05) is 45.1 Å². The van der Waals surface area contributed by atoms with Gasteiger partial charge in [-0.3, -0.25) is 14.5 Å². The van der Waals surface area contributed by atoms with E-state index in [2.05, 4.69) is 32.2 Å². The van der Waals surface area contributed by atoms with Crippen LogP contribution in [0.2, 0.25) is 0 Å². The lowest BCUT2D eigenvalue weighted by atomic mass is 10.1. The van der Waals surface area contributed by atoms with Crippen molar-refractivity contribution in [3.8, 4) is 0 Å². The number of aromatic amines is 1. The zero-order valence-corrected chi connectivity index (χ0v) is 27.0. The summed E-state index contributed by atoms with van der Waals surface area (Å²) in [6.07, 6.45) is 7.58. The van der Waals surface area contributed by atoms with Crippen molar-refractivity contribution in [2.75, 3.05) is 30.0 Å². The summed E-state index contributed by atoms with van der Waals surface area (Å²) in [4.78, 5) is 55.2. The lowest BCUT2D eigenvalue weighted by molar-refractivity contribution is -0.142. The molecule has 0 unspecified atom stereocenters. The van der Waals surface area contributed by atoms with E-state index in [-0.39, 0.29) is 37.3 Å². The highest BCUT2D eigenvalue weighted by Gasteiger charge is 2.21. The van der Waals surface area contributed by atoms with Gasteiger partial charge in [0.05, 0.1) is 37.2 Å². The number of hydrogen-bond donors (Lipinski definition) is 3. The van der Waals surface area contributed by atoms with E-state index in [1.807, 2.05) is 12.1 Å². The molecule has 2 heterocycles. The SMILES string of the molecule is CCCCCCCCOC(=O)/N=C(/N)c1ccc(NCc2nc3cc(C(=O)N(CCC(=O)OCC)c4ccccn4)ccc3[nH]2)cc1. The molecule has 4 N–H and O–H groups in total. The Hall–Kier alpha value is -5.26. The maximum Gasteiger partial charge on any atom is 0.435 e. The summed E-state index contributed by atoms with van der Waals surface area (Å²) in [6, 6.07) is 17.7. The average molecular weight is 642 g/mol. The fourth-order valence-corrected chi connectivity index (χ4v) is 4.88. The topological polar surface area (TPSA) is 165 Å². The van der Waals surface area contributed by atoms with Crippen LogP contribution < -0.4 is 16.0 Å². The van der Waals surface area contributed by atoms with E-state index in [1.54, 1.807) is 61.7 Å². The number of hydrogen-bond acceptors (Lipinski definition) is 8. The Balaban J connectivity index is 1.33. The third kappa shape index (κ3) is 10.7. The van der Waals surface area contributed by atoms with Gasteiger partial charge in [-0.25, -0.2) is 14.8 Å². The molecular weight excluding hydrogens is 598 g/mol.